The van der Waals surface area contributed by atoms with Crippen molar-refractivity contribution >= 4 is 17.5 Å². The summed E-state index contributed by atoms with van der Waals surface area (Å²) in [7, 11) is 0. The number of hydrogen-bond acceptors (Lipinski definition) is 4. The average molecular weight is 334 g/mol. The van der Waals surface area contributed by atoms with Gasteiger partial charge in [0.2, 0.25) is 11.8 Å². The smallest absolute Gasteiger partial charge is 0.223 e. The highest BCUT2D eigenvalue weighted by Gasteiger charge is 2.18. The number of carbonyl (C=O) groups excluding carboxylic acids is 2. The van der Waals surface area contributed by atoms with Gasteiger partial charge in [0.1, 0.15) is 13.2 Å². The molecule has 1 aliphatic heterocycles. The molecular weight excluding hydrogens is 308 g/mol. The zero-order valence-corrected chi connectivity index (χ0v) is 14.6. The number of anilines is 1. The van der Waals surface area contributed by atoms with Gasteiger partial charge in [-0.3, -0.25) is 9.59 Å². The molecule has 1 heterocycles. The maximum atomic E-state index is 12.0. The number of rotatable bonds is 7. The Kier molecular flexibility index (Phi) is 6.46. The van der Waals surface area contributed by atoms with Crippen LogP contribution in [0.15, 0.2) is 18.2 Å². The van der Waals surface area contributed by atoms with E-state index in [-0.39, 0.29) is 18.2 Å². The van der Waals surface area contributed by atoms with Crippen molar-refractivity contribution in [2.24, 2.45) is 5.92 Å². The fraction of sp³-hybridized carbons (Fsp3) is 0.556. The Hall–Kier alpha value is -2.24. The minimum absolute atomic E-state index is 0.0422. The van der Waals surface area contributed by atoms with E-state index >= 15 is 0 Å². The second kappa shape index (κ2) is 8.57. The molecule has 6 nitrogen and oxygen atoms in total. The van der Waals surface area contributed by atoms with Crippen molar-refractivity contribution in [3.8, 4) is 11.5 Å². The van der Waals surface area contributed by atoms with E-state index in [2.05, 4.69) is 19.2 Å². The van der Waals surface area contributed by atoms with Gasteiger partial charge in [-0.1, -0.05) is 13.8 Å². The van der Waals surface area contributed by atoms with Gasteiger partial charge in [-0.15, -0.1) is 0 Å². The number of nitrogens with one attached hydrogen (secondary N) is 1. The Morgan fingerprint density at radius 2 is 1.92 bits per heavy atom. The van der Waals surface area contributed by atoms with Gasteiger partial charge in [0.15, 0.2) is 11.5 Å². The summed E-state index contributed by atoms with van der Waals surface area (Å²) >= 11 is 0. The Morgan fingerprint density at radius 1 is 1.21 bits per heavy atom. The van der Waals surface area contributed by atoms with Gasteiger partial charge >= 0.3 is 0 Å². The molecule has 0 unspecified atom stereocenters. The van der Waals surface area contributed by atoms with E-state index in [4.69, 9.17) is 9.47 Å². The van der Waals surface area contributed by atoms with E-state index < -0.39 is 0 Å². The van der Waals surface area contributed by atoms with Crippen molar-refractivity contribution in [1.29, 1.82) is 0 Å². The predicted molar refractivity (Wildman–Crippen MR) is 92.5 cm³/mol. The van der Waals surface area contributed by atoms with Gasteiger partial charge < -0.3 is 19.7 Å². The van der Waals surface area contributed by atoms with Crippen LogP contribution in [0.5, 0.6) is 11.5 Å². The lowest BCUT2D eigenvalue weighted by Gasteiger charge is -2.24. The average Bonchev–Trinajstić information content (AvgIpc) is 2.54. The summed E-state index contributed by atoms with van der Waals surface area (Å²) in [6, 6.07) is 5.39. The third kappa shape index (κ3) is 5.15. The first-order valence-electron chi connectivity index (χ1n) is 8.42. The first kappa shape index (κ1) is 18.1. The minimum Gasteiger partial charge on any atom is -0.486 e. The van der Waals surface area contributed by atoms with E-state index in [1.807, 2.05) is 6.07 Å². The number of amides is 2. The zero-order chi connectivity index (χ0) is 17.5. The lowest BCUT2D eigenvalue weighted by atomic mass is 10.1. The van der Waals surface area contributed by atoms with Crippen molar-refractivity contribution in [3.05, 3.63) is 18.2 Å². The summed E-state index contributed by atoms with van der Waals surface area (Å²) in [4.78, 5) is 25.5. The topological polar surface area (TPSA) is 67.9 Å². The molecule has 0 aromatic heterocycles. The van der Waals surface area contributed by atoms with Crippen LogP contribution in [-0.4, -0.2) is 38.1 Å². The van der Waals surface area contributed by atoms with Gasteiger partial charge in [0, 0.05) is 38.2 Å². The maximum absolute atomic E-state index is 12.0. The monoisotopic (exact) mass is 334 g/mol. The predicted octanol–water partition coefficient (Wildman–Crippen LogP) is 2.36. The molecule has 1 aromatic rings. The summed E-state index contributed by atoms with van der Waals surface area (Å²) in [5, 5.41) is 2.89. The molecule has 1 N–H and O–H groups in total. The van der Waals surface area contributed by atoms with Gasteiger partial charge in [0.05, 0.1) is 0 Å². The molecule has 0 atom stereocenters. The van der Waals surface area contributed by atoms with Gasteiger partial charge in [0.25, 0.3) is 0 Å². The third-order valence-corrected chi connectivity index (χ3v) is 3.82. The van der Waals surface area contributed by atoms with E-state index in [1.165, 1.54) is 6.92 Å². The summed E-state index contributed by atoms with van der Waals surface area (Å²) in [6.07, 6.45) is 1.22. The molecule has 1 aliphatic rings. The van der Waals surface area contributed by atoms with E-state index in [0.717, 1.165) is 6.42 Å². The molecule has 0 bridgehead atoms. The second-order valence-corrected chi connectivity index (χ2v) is 6.28. The first-order chi connectivity index (χ1) is 11.5. The lowest BCUT2D eigenvalue weighted by molar-refractivity contribution is -0.121. The summed E-state index contributed by atoms with van der Waals surface area (Å²) in [5.74, 6) is 1.71. The van der Waals surface area contributed by atoms with Crippen LogP contribution < -0.4 is 19.7 Å². The summed E-state index contributed by atoms with van der Waals surface area (Å²) in [5.41, 5.74) is 0.710. The molecule has 0 spiro atoms. The van der Waals surface area contributed by atoms with Gasteiger partial charge in [-0.05, 0) is 24.5 Å². The van der Waals surface area contributed by atoms with Crippen LogP contribution >= 0.6 is 0 Å². The molecule has 2 rings (SSSR count). The van der Waals surface area contributed by atoms with Crippen LogP contribution in [0.1, 0.15) is 33.6 Å². The number of ether oxygens (including phenoxy) is 2. The Bertz CT molecular complexity index is 586. The molecule has 0 saturated carbocycles. The number of nitrogens with zero attached hydrogens (tertiary/aromatic N) is 1. The molecule has 2 amide bonds. The van der Waals surface area contributed by atoms with Crippen LogP contribution in [0, 0.1) is 5.92 Å². The fourth-order valence-electron chi connectivity index (χ4n) is 2.47. The Balaban J connectivity index is 1.94. The van der Waals surface area contributed by atoms with Crippen molar-refractivity contribution < 1.29 is 19.1 Å². The van der Waals surface area contributed by atoms with E-state index in [1.54, 1.807) is 17.0 Å². The Morgan fingerprint density at radius 3 is 2.58 bits per heavy atom. The van der Waals surface area contributed by atoms with E-state index in [0.29, 0.717) is 49.4 Å². The molecule has 0 radical (unpaired) electrons. The number of carbonyl (C=O) groups is 2. The molecule has 132 valence electrons. The van der Waals surface area contributed by atoms with Crippen molar-refractivity contribution in [1.82, 2.24) is 5.32 Å². The van der Waals surface area contributed by atoms with Crippen LogP contribution in [-0.2, 0) is 9.59 Å². The van der Waals surface area contributed by atoms with Crippen LogP contribution in [0.2, 0.25) is 0 Å². The second-order valence-electron chi connectivity index (χ2n) is 6.28. The fourth-order valence-corrected chi connectivity index (χ4v) is 2.47. The summed E-state index contributed by atoms with van der Waals surface area (Å²) < 4.78 is 11.0. The van der Waals surface area contributed by atoms with Gasteiger partial charge in [-0.25, -0.2) is 0 Å². The van der Waals surface area contributed by atoms with Crippen molar-refractivity contribution in [3.63, 3.8) is 0 Å². The van der Waals surface area contributed by atoms with Crippen LogP contribution in [0.3, 0.4) is 0 Å². The van der Waals surface area contributed by atoms with Crippen molar-refractivity contribution in [2.45, 2.75) is 33.6 Å². The maximum Gasteiger partial charge on any atom is 0.223 e. The number of benzene rings is 1. The highest BCUT2D eigenvalue weighted by molar-refractivity contribution is 5.92. The van der Waals surface area contributed by atoms with E-state index in [9.17, 15) is 9.59 Å². The largest absolute Gasteiger partial charge is 0.486 e. The first-order valence-corrected chi connectivity index (χ1v) is 8.42. The quantitative estimate of drug-likeness (QED) is 0.831. The molecular formula is C18H26N2O4. The minimum atomic E-state index is -0.110. The molecule has 0 fully saturated rings. The summed E-state index contributed by atoms with van der Waals surface area (Å²) in [6.45, 7) is 7.75. The molecule has 6 heteroatoms. The molecule has 24 heavy (non-hydrogen) atoms. The number of fused-ring (bicyclic) bond motifs is 1. The number of hydrogen-bond donors (Lipinski definition) is 1. The van der Waals surface area contributed by atoms with Crippen LogP contribution in [0.25, 0.3) is 0 Å². The van der Waals surface area contributed by atoms with Crippen molar-refractivity contribution in [2.75, 3.05) is 31.2 Å². The highest BCUT2D eigenvalue weighted by Crippen LogP contribution is 2.34. The third-order valence-electron chi connectivity index (χ3n) is 3.82. The Labute approximate surface area is 143 Å². The molecule has 0 saturated heterocycles. The zero-order valence-electron chi connectivity index (χ0n) is 14.6. The van der Waals surface area contributed by atoms with Crippen LogP contribution in [0.4, 0.5) is 5.69 Å². The van der Waals surface area contributed by atoms with Gasteiger partial charge in [-0.2, -0.15) is 0 Å². The molecule has 0 aliphatic carbocycles. The normalized spacial score (nSPS) is 12.8. The standard InChI is InChI=1S/C18H26N2O4/c1-13(2)6-8-19-18(22)7-9-20(14(3)21)15-4-5-16-17(12-15)24-11-10-23-16/h4-5,12-13H,6-11H2,1-3H3,(H,19,22). The lowest BCUT2D eigenvalue weighted by Crippen LogP contribution is -2.34. The SMILES string of the molecule is CC(=O)N(CCC(=O)NCCC(C)C)c1ccc2c(c1)OCCO2. The molecule has 1 aromatic carbocycles. The highest BCUT2D eigenvalue weighted by atomic mass is 16.6.